The molecule has 1 heterocycles. The van der Waals surface area contributed by atoms with Gasteiger partial charge in [0, 0.05) is 11.9 Å². The number of benzene rings is 1. The van der Waals surface area contributed by atoms with Gasteiger partial charge < -0.3 is 15.8 Å². The molecule has 0 aliphatic rings. The van der Waals surface area contributed by atoms with Crippen LogP contribution in [0.1, 0.15) is 0 Å². The average molecular weight is 292 g/mol. The molecule has 8 heteroatoms. The Kier molecular flexibility index (Phi) is 4.50. The van der Waals surface area contributed by atoms with Gasteiger partial charge in [0.15, 0.2) is 6.61 Å². The van der Waals surface area contributed by atoms with E-state index in [0.29, 0.717) is 11.4 Å². The maximum Gasteiger partial charge on any atom is 0.328 e. The third-order valence-electron chi connectivity index (χ3n) is 2.44. The van der Waals surface area contributed by atoms with Gasteiger partial charge in [0.1, 0.15) is 12.4 Å². The first kappa shape index (κ1) is 14.5. The van der Waals surface area contributed by atoms with Gasteiger partial charge in [0.05, 0.1) is 11.9 Å². The van der Waals surface area contributed by atoms with Crippen molar-refractivity contribution in [3.63, 3.8) is 0 Å². The number of carbonyl (C=O) groups excluding carboxylic acids is 2. The van der Waals surface area contributed by atoms with Gasteiger partial charge in [-0.2, -0.15) is 5.10 Å². The van der Waals surface area contributed by atoms with Crippen LogP contribution in [0.4, 0.5) is 15.8 Å². The lowest BCUT2D eigenvalue weighted by atomic mass is 10.3. The maximum absolute atomic E-state index is 12.7. The number of hydrogen-bond donors (Lipinski definition) is 2. The van der Waals surface area contributed by atoms with E-state index in [0.717, 1.165) is 0 Å². The predicted molar refractivity (Wildman–Crippen MR) is 72.6 cm³/mol. The van der Waals surface area contributed by atoms with Crippen LogP contribution in [0.5, 0.6) is 0 Å². The lowest BCUT2D eigenvalue weighted by Crippen LogP contribution is -2.23. The van der Waals surface area contributed by atoms with Crippen LogP contribution >= 0.6 is 0 Å². The molecule has 0 saturated heterocycles. The normalized spacial score (nSPS) is 10.1. The molecule has 21 heavy (non-hydrogen) atoms. The molecule has 2 rings (SSSR count). The fraction of sp³-hybridized carbons (Fsp3) is 0.154. The number of aromatic nitrogens is 2. The number of hydrogen-bond acceptors (Lipinski definition) is 5. The van der Waals surface area contributed by atoms with Crippen molar-refractivity contribution in [3.8, 4) is 0 Å². The minimum absolute atomic E-state index is 0.138. The monoisotopic (exact) mass is 292 g/mol. The molecule has 0 aliphatic heterocycles. The quantitative estimate of drug-likeness (QED) is 0.794. The summed E-state index contributed by atoms with van der Waals surface area (Å²) in [6.45, 7) is -0.575. The summed E-state index contributed by atoms with van der Waals surface area (Å²) in [5.41, 5.74) is 6.29. The van der Waals surface area contributed by atoms with Crippen molar-refractivity contribution in [3.05, 3.63) is 42.5 Å². The van der Waals surface area contributed by atoms with Crippen LogP contribution < -0.4 is 11.1 Å². The second kappa shape index (κ2) is 6.51. The van der Waals surface area contributed by atoms with E-state index in [1.165, 1.54) is 41.3 Å². The van der Waals surface area contributed by atoms with Gasteiger partial charge in [-0.15, -0.1) is 0 Å². The van der Waals surface area contributed by atoms with Gasteiger partial charge >= 0.3 is 5.97 Å². The molecule has 2 aromatic rings. The molecule has 1 aromatic carbocycles. The van der Waals surface area contributed by atoms with E-state index in [9.17, 15) is 14.0 Å². The smallest absolute Gasteiger partial charge is 0.328 e. The van der Waals surface area contributed by atoms with Crippen molar-refractivity contribution in [1.29, 1.82) is 0 Å². The van der Waals surface area contributed by atoms with E-state index < -0.39 is 24.3 Å². The Morgan fingerprint density at radius 3 is 2.67 bits per heavy atom. The number of nitrogens with zero attached hydrogens (tertiary/aromatic N) is 2. The molecule has 3 N–H and O–H groups in total. The van der Waals surface area contributed by atoms with E-state index >= 15 is 0 Å². The zero-order chi connectivity index (χ0) is 15.2. The zero-order valence-corrected chi connectivity index (χ0v) is 11.0. The highest BCUT2D eigenvalue weighted by molar-refractivity contribution is 5.92. The first-order valence-electron chi connectivity index (χ1n) is 6.02. The van der Waals surface area contributed by atoms with Crippen molar-refractivity contribution in [2.24, 2.45) is 0 Å². The summed E-state index contributed by atoms with van der Waals surface area (Å²) in [7, 11) is 0. The number of carbonyl (C=O) groups is 2. The molecule has 0 radical (unpaired) electrons. The molecule has 110 valence electrons. The number of nitrogens with one attached hydrogen (secondary N) is 1. The average Bonchev–Trinajstić information content (AvgIpc) is 2.84. The number of rotatable bonds is 5. The summed E-state index contributed by atoms with van der Waals surface area (Å²) in [6.07, 6.45) is 2.87. The van der Waals surface area contributed by atoms with Crippen molar-refractivity contribution in [2.75, 3.05) is 17.7 Å². The van der Waals surface area contributed by atoms with Crippen LogP contribution in [-0.4, -0.2) is 28.3 Å². The van der Waals surface area contributed by atoms with Crippen LogP contribution in [0.2, 0.25) is 0 Å². The van der Waals surface area contributed by atoms with Gasteiger partial charge in [0.2, 0.25) is 0 Å². The highest BCUT2D eigenvalue weighted by Gasteiger charge is 2.09. The molecular weight excluding hydrogens is 279 g/mol. The van der Waals surface area contributed by atoms with Gasteiger partial charge in [-0.05, 0) is 24.3 Å². The van der Waals surface area contributed by atoms with Crippen LogP contribution in [0.25, 0.3) is 0 Å². The van der Waals surface area contributed by atoms with Crippen molar-refractivity contribution < 1.29 is 18.7 Å². The van der Waals surface area contributed by atoms with E-state index in [4.69, 9.17) is 10.5 Å². The Morgan fingerprint density at radius 2 is 2.05 bits per heavy atom. The van der Waals surface area contributed by atoms with Crippen LogP contribution in [-0.2, 0) is 20.9 Å². The molecule has 0 bridgehead atoms. The first-order chi connectivity index (χ1) is 10.0. The molecule has 1 aromatic heterocycles. The number of ether oxygens (including phenoxy) is 1. The van der Waals surface area contributed by atoms with Crippen molar-refractivity contribution >= 4 is 23.3 Å². The Balaban J connectivity index is 1.75. The van der Waals surface area contributed by atoms with Crippen molar-refractivity contribution in [2.45, 2.75) is 6.54 Å². The van der Waals surface area contributed by atoms with Gasteiger partial charge in [-0.3, -0.25) is 14.3 Å². The van der Waals surface area contributed by atoms with E-state index in [2.05, 4.69) is 10.4 Å². The summed E-state index contributed by atoms with van der Waals surface area (Å²) in [4.78, 5) is 23.0. The Hall–Kier alpha value is -2.90. The second-order valence-corrected chi connectivity index (χ2v) is 4.19. The number of amides is 1. The molecule has 0 fully saturated rings. The lowest BCUT2D eigenvalue weighted by Gasteiger charge is -2.06. The molecule has 0 saturated carbocycles. The lowest BCUT2D eigenvalue weighted by molar-refractivity contribution is -0.148. The minimum Gasteiger partial charge on any atom is -0.454 e. The minimum atomic E-state index is -0.618. The fourth-order valence-corrected chi connectivity index (χ4v) is 1.52. The highest BCUT2D eigenvalue weighted by Crippen LogP contribution is 2.07. The Labute approximate surface area is 119 Å². The number of esters is 1. The summed E-state index contributed by atoms with van der Waals surface area (Å²) in [6, 6.07) is 5.23. The molecule has 0 aliphatic carbocycles. The standard InChI is InChI=1S/C13H13FN4O3/c14-9-1-3-11(4-2-9)17-12(19)8-21-13(20)7-18-6-10(15)5-16-18/h1-6H,7-8,15H2,(H,17,19). The number of nitrogens with two attached hydrogens (primary N) is 1. The Morgan fingerprint density at radius 1 is 1.33 bits per heavy atom. The van der Waals surface area contributed by atoms with Crippen molar-refractivity contribution in [1.82, 2.24) is 9.78 Å². The first-order valence-corrected chi connectivity index (χ1v) is 6.02. The predicted octanol–water partition coefficient (Wildman–Crippen LogP) is 0.786. The van der Waals surface area contributed by atoms with E-state index in [-0.39, 0.29) is 6.54 Å². The summed E-state index contributed by atoms with van der Waals surface area (Å²) < 4.78 is 18.8. The highest BCUT2D eigenvalue weighted by atomic mass is 19.1. The molecular formula is C13H13FN4O3. The summed E-state index contributed by atoms with van der Waals surface area (Å²) in [5, 5.41) is 6.28. The van der Waals surface area contributed by atoms with Crippen LogP contribution in [0, 0.1) is 5.82 Å². The van der Waals surface area contributed by atoms with Crippen LogP contribution in [0.15, 0.2) is 36.7 Å². The molecule has 1 amide bonds. The summed E-state index contributed by atoms with van der Waals surface area (Å²) >= 11 is 0. The molecule has 0 spiro atoms. The van der Waals surface area contributed by atoms with Crippen LogP contribution in [0.3, 0.4) is 0 Å². The number of anilines is 2. The topological polar surface area (TPSA) is 99.2 Å². The Bertz CT molecular complexity index is 639. The van der Waals surface area contributed by atoms with E-state index in [1.807, 2.05) is 0 Å². The molecule has 0 unspecified atom stereocenters. The number of nitrogen functional groups attached to an aromatic ring is 1. The third kappa shape index (κ3) is 4.60. The third-order valence-corrected chi connectivity index (χ3v) is 2.44. The second-order valence-electron chi connectivity index (χ2n) is 4.19. The molecule has 7 nitrogen and oxygen atoms in total. The summed E-state index contributed by atoms with van der Waals surface area (Å²) in [5.74, 6) is -1.54. The fourth-order valence-electron chi connectivity index (χ4n) is 1.52. The SMILES string of the molecule is Nc1cnn(CC(=O)OCC(=O)Nc2ccc(F)cc2)c1. The van der Waals surface area contributed by atoms with Gasteiger partial charge in [-0.25, -0.2) is 4.39 Å². The van der Waals surface area contributed by atoms with Gasteiger partial charge in [-0.1, -0.05) is 0 Å². The molecule has 0 atom stereocenters. The largest absolute Gasteiger partial charge is 0.454 e. The van der Waals surface area contributed by atoms with E-state index in [1.54, 1.807) is 0 Å². The van der Waals surface area contributed by atoms with Gasteiger partial charge in [0.25, 0.3) is 5.91 Å². The maximum atomic E-state index is 12.7. The number of halogens is 1. The zero-order valence-electron chi connectivity index (χ0n) is 11.0.